The lowest BCUT2D eigenvalue weighted by Gasteiger charge is -2.15. The van der Waals surface area contributed by atoms with Crippen LogP contribution in [-0.2, 0) is 0 Å². The number of carbonyl (C=O) groups is 1. The second-order valence-electron chi connectivity index (χ2n) is 8.50. The molecule has 180 valence electrons. The van der Waals surface area contributed by atoms with Gasteiger partial charge < -0.3 is 14.2 Å². The average molecular weight is 453 g/mol. The predicted octanol–water partition coefficient (Wildman–Crippen LogP) is 8.16. The number of hydrogen-bond donors (Lipinski definition) is 0. The molecule has 2 aromatic carbocycles. The van der Waals surface area contributed by atoms with Gasteiger partial charge in [-0.25, -0.2) is 4.79 Å². The van der Waals surface area contributed by atoms with Crippen molar-refractivity contribution in [1.82, 2.24) is 0 Å². The van der Waals surface area contributed by atoms with Crippen LogP contribution in [0.25, 0.3) is 0 Å². The largest absolute Gasteiger partial charge is 0.494 e. The summed E-state index contributed by atoms with van der Waals surface area (Å²) in [6.45, 7) is 8.73. The molecule has 0 aliphatic carbocycles. The normalized spacial score (nSPS) is 11.6. The van der Waals surface area contributed by atoms with Crippen LogP contribution in [0.4, 0.5) is 0 Å². The third-order valence-electron chi connectivity index (χ3n) is 5.50. The molecule has 4 heteroatoms. The molecule has 0 aromatic heterocycles. The number of rotatable bonds is 17. The maximum Gasteiger partial charge on any atom is 0.343 e. The molecule has 0 aliphatic heterocycles. The third-order valence-corrected chi connectivity index (χ3v) is 5.50. The van der Waals surface area contributed by atoms with Gasteiger partial charge in [0.25, 0.3) is 0 Å². The lowest BCUT2D eigenvalue weighted by Crippen LogP contribution is -2.11. The summed E-state index contributed by atoms with van der Waals surface area (Å²) in [5.74, 6) is 1.67. The topological polar surface area (TPSA) is 44.8 Å². The molecule has 0 saturated heterocycles. The van der Waals surface area contributed by atoms with Crippen LogP contribution in [0.3, 0.4) is 0 Å². The molecule has 4 nitrogen and oxygen atoms in total. The minimum atomic E-state index is -0.387. The van der Waals surface area contributed by atoms with Crippen molar-refractivity contribution >= 4 is 5.97 Å². The van der Waals surface area contributed by atoms with Crippen LogP contribution in [-0.4, -0.2) is 18.7 Å². The first-order valence-corrected chi connectivity index (χ1v) is 12.4. The summed E-state index contributed by atoms with van der Waals surface area (Å²) in [6, 6.07) is 14.3. The number of ether oxygens (including phenoxy) is 3. The first-order valence-electron chi connectivity index (χ1n) is 12.4. The van der Waals surface area contributed by atoms with Crippen molar-refractivity contribution in [2.75, 3.05) is 6.61 Å². The minimum absolute atomic E-state index is 0.174. The van der Waals surface area contributed by atoms with Crippen LogP contribution in [0.15, 0.2) is 61.2 Å². The van der Waals surface area contributed by atoms with E-state index in [4.69, 9.17) is 14.2 Å². The maximum absolute atomic E-state index is 12.4. The van der Waals surface area contributed by atoms with Crippen LogP contribution in [0.1, 0.15) is 88.4 Å². The van der Waals surface area contributed by atoms with E-state index >= 15 is 0 Å². The van der Waals surface area contributed by atoms with Gasteiger partial charge in [-0.1, -0.05) is 45.1 Å². The molecule has 0 amide bonds. The molecule has 2 aromatic rings. The Labute approximate surface area is 200 Å². The fourth-order valence-corrected chi connectivity index (χ4v) is 3.52. The smallest absolute Gasteiger partial charge is 0.343 e. The number of benzene rings is 2. The molecule has 0 fully saturated rings. The van der Waals surface area contributed by atoms with E-state index in [1.165, 1.54) is 38.5 Å². The molecular formula is C29H40O4. The van der Waals surface area contributed by atoms with E-state index in [1.54, 1.807) is 24.3 Å². The van der Waals surface area contributed by atoms with Gasteiger partial charge in [-0.2, -0.15) is 0 Å². The third kappa shape index (κ3) is 11.1. The van der Waals surface area contributed by atoms with E-state index in [-0.39, 0.29) is 12.1 Å². The van der Waals surface area contributed by atoms with Gasteiger partial charge in [0.15, 0.2) is 0 Å². The fourth-order valence-electron chi connectivity index (χ4n) is 3.52. The van der Waals surface area contributed by atoms with Crippen molar-refractivity contribution in [2.24, 2.45) is 0 Å². The van der Waals surface area contributed by atoms with Gasteiger partial charge in [0.1, 0.15) is 17.2 Å². The van der Waals surface area contributed by atoms with Gasteiger partial charge in [0.2, 0.25) is 0 Å². The van der Waals surface area contributed by atoms with E-state index in [2.05, 4.69) is 20.4 Å². The fraction of sp³-hybridized carbons (Fsp3) is 0.483. The summed E-state index contributed by atoms with van der Waals surface area (Å²) >= 11 is 0. The Kier molecular flexibility index (Phi) is 12.8. The van der Waals surface area contributed by atoms with E-state index in [0.717, 1.165) is 37.2 Å². The van der Waals surface area contributed by atoms with Gasteiger partial charge in [0, 0.05) is 0 Å². The first-order chi connectivity index (χ1) is 16.1. The number of esters is 1. The van der Waals surface area contributed by atoms with Crippen LogP contribution >= 0.6 is 0 Å². The number of hydrogen-bond acceptors (Lipinski definition) is 4. The molecule has 0 unspecified atom stereocenters. The Morgan fingerprint density at radius 1 is 0.848 bits per heavy atom. The Bertz CT molecular complexity index is 795. The molecule has 0 saturated carbocycles. The Morgan fingerprint density at radius 3 is 2.18 bits per heavy atom. The second-order valence-corrected chi connectivity index (χ2v) is 8.50. The number of allylic oxidation sites excluding steroid dienone is 1. The molecule has 33 heavy (non-hydrogen) atoms. The van der Waals surface area contributed by atoms with E-state index in [0.29, 0.717) is 17.9 Å². The highest BCUT2D eigenvalue weighted by Crippen LogP contribution is 2.21. The van der Waals surface area contributed by atoms with E-state index in [1.807, 2.05) is 30.3 Å². The van der Waals surface area contributed by atoms with Crippen LogP contribution < -0.4 is 14.2 Å². The Hall–Kier alpha value is -2.75. The van der Waals surface area contributed by atoms with Crippen molar-refractivity contribution in [3.63, 3.8) is 0 Å². The molecule has 0 aliphatic rings. The monoisotopic (exact) mass is 452 g/mol. The Balaban J connectivity index is 1.71. The van der Waals surface area contributed by atoms with Crippen LogP contribution in [0.5, 0.6) is 17.2 Å². The lowest BCUT2D eigenvalue weighted by molar-refractivity contribution is 0.0734. The predicted molar refractivity (Wildman–Crippen MR) is 135 cm³/mol. The van der Waals surface area contributed by atoms with Crippen LogP contribution in [0, 0.1) is 0 Å². The summed E-state index contributed by atoms with van der Waals surface area (Å²) in [6.07, 6.45) is 13.8. The highest BCUT2D eigenvalue weighted by atomic mass is 16.5. The first kappa shape index (κ1) is 26.5. The zero-order chi connectivity index (χ0) is 23.7. The molecule has 0 bridgehead atoms. The van der Waals surface area contributed by atoms with Gasteiger partial charge in [-0.3, -0.25) is 0 Å². The van der Waals surface area contributed by atoms with Crippen molar-refractivity contribution in [1.29, 1.82) is 0 Å². The van der Waals surface area contributed by atoms with Crippen molar-refractivity contribution in [3.05, 3.63) is 66.7 Å². The highest BCUT2D eigenvalue weighted by molar-refractivity contribution is 5.91. The number of unbranched alkanes of at least 4 members (excludes halogenated alkanes) is 7. The van der Waals surface area contributed by atoms with Crippen molar-refractivity contribution in [2.45, 2.75) is 84.2 Å². The zero-order valence-electron chi connectivity index (χ0n) is 20.4. The van der Waals surface area contributed by atoms with E-state index in [9.17, 15) is 4.79 Å². The molecule has 1 atom stereocenters. The highest BCUT2D eigenvalue weighted by Gasteiger charge is 2.10. The molecule has 0 spiro atoms. The Morgan fingerprint density at radius 2 is 1.48 bits per heavy atom. The number of carbonyl (C=O) groups excluding carboxylic acids is 1. The van der Waals surface area contributed by atoms with Crippen LogP contribution in [0.2, 0.25) is 0 Å². The zero-order valence-corrected chi connectivity index (χ0v) is 20.4. The summed E-state index contributed by atoms with van der Waals surface area (Å²) in [5.41, 5.74) is 0.493. The molecule has 2 rings (SSSR count). The standard InChI is InChI=1S/C29H40O4/c1-4-6-8-10-11-13-23-31-26-17-15-25(16-18-26)29(30)33-28-21-19-27(20-22-28)32-24(3)14-12-9-7-5-2/h4,15-22,24H,1,5-14,23H2,2-3H3/t24-/m0/s1. The van der Waals surface area contributed by atoms with E-state index < -0.39 is 0 Å². The van der Waals surface area contributed by atoms with Crippen molar-refractivity contribution < 1.29 is 19.0 Å². The van der Waals surface area contributed by atoms with Gasteiger partial charge in [-0.15, -0.1) is 6.58 Å². The minimum Gasteiger partial charge on any atom is -0.494 e. The summed E-state index contributed by atoms with van der Waals surface area (Å²) in [7, 11) is 0. The second kappa shape index (κ2) is 16.0. The summed E-state index contributed by atoms with van der Waals surface area (Å²) < 4.78 is 17.2. The average Bonchev–Trinajstić information content (AvgIpc) is 2.83. The quantitative estimate of drug-likeness (QED) is 0.105. The molecule has 0 N–H and O–H groups in total. The maximum atomic E-state index is 12.4. The van der Waals surface area contributed by atoms with Gasteiger partial charge >= 0.3 is 5.97 Å². The summed E-state index contributed by atoms with van der Waals surface area (Å²) in [4.78, 5) is 12.4. The summed E-state index contributed by atoms with van der Waals surface area (Å²) in [5, 5.41) is 0. The lowest BCUT2D eigenvalue weighted by atomic mass is 10.1. The molecule has 0 heterocycles. The SMILES string of the molecule is C=CCCCCCCOc1ccc(C(=O)Oc2ccc(O[C@@H](C)CCCCCC)cc2)cc1. The van der Waals surface area contributed by atoms with Crippen molar-refractivity contribution in [3.8, 4) is 17.2 Å². The molecule has 0 radical (unpaired) electrons. The van der Waals surface area contributed by atoms with Gasteiger partial charge in [-0.05, 0) is 87.6 Å². The molecular weight excluding hydrogens is 412 g/mol. The van der Waals surface area contributed by atoms with Gasteiger partial charge in [0.05, 0.1) is 18.3 Å².